The maximum absolute atomic E-state index is 12.6. The molecule has 9 heteroatoms. The molecule has 1 aromatic heterocycles. The van der Waals surface area contributed by atoms with Gasteiger partial charge in [0, 0.05) is 33.0 Å². The van der Waals surface area contributed by atoms with Crippen LogP contribution in [0.15, 0.2) is 29.1 Å². The molecule has 1 aromatic carbocycles. The van der Waals surface area contributed by atoms with Crippen molar-refractivity contribution >= 4 is 28.7 Å². The van der Waals surface area contributed by atoms with Crippen molar-refractivity contribution in [2.24, 2.45) is 5.92 Å². The van der Waals surface area contributed by atoms with Crippen LogP contribution in [0.5, 0.6) is 0 Å². The maximum atomic E-state index is 12.6. The van der Waals surface area contributed by atoms with Crippen LogP contribution in [0.2, 0.25) is 0 Å². The van der Waals surface area contributed by atoms with Gasteiger partial charge in [0.1, 0.15) is 5.82 Å². The number of hydrogen-bond donors (Lipinski definition) is 1. The van der Waals surface area contributed by atoms with Crippen molar-refractivity contribution in [3.8, 4) is 0 Å². The number of aromatic nitrogens is 2. The summed E-state index contributed by atoms with van der Waals surface area (Å²) in [6, 6.07) is 7.02. The lowest BCUT2D eigenvalue weighted by molar-refractivity contribution is -0.152. The molecule has 3 rings (SSSR count). The van der Waals surface area contributed by atoms with Gasteiger partial charge in [0.25, 0.3) is 5.56 Å². The van der Waals surface area contributed by atoms with Crippen molar-refractivity contribution in [3.63, 3.8) is 0 Å². The largest absolute Gasteiger partial charge is 0.466 e. The topological polar surface area (TPSA) is 113 Å². The van der Waals surface area contributed by atoms with Gasteiger partial charge in [0.15, 0.2) is 0 Å². The van der Waals surface area contributed by atoms with Crippen LogP contribution < -0.4 is 5.56 Å². The smallest absolute Gasteiger partial charge is 0.310 e. The van der Waals surface area contributed by atoms with Crippen LogP contribution in [-0.4, -0.2) is 70.8 Å². The Morgan fingerprint density at radius 2 is 2.06 bits per heavy atom. The number of amides is 2. The number of likely N-dealkylation sites (tertiary alicyclic amines) is 1. The second-order valence-corrected chi connectivity index (χ2v) is 7.71. The molecule has 1 fully saturated rings. The number of para-hydroxylation sites is 1. The van der Waals surface area contributed by atoms with Gasteiger partial charge in [0.2, 0.25) is 11.8 Å². The SMILES string of the molecule is CCOC(=O)C1CCCN(C(=O)CN(C)C(=O)CCc2nc3ccccc3c(=O)[nH]2)C1. The molecular formula is C22H28N4O5. The van der Waals surface area contributed by atoms with E-state index in [4.69, 9.17) is 4.74 Å². The van der Waals surface area contributed by atoms with Gasteiger partial charge in [-0.25, -0.2) is 4.98 Å². The summed E-state index contributed by atoms with van der Waals surface area (Å²) in [6.07, 6.45) is 1.82. The molecule has 0 radical (unpaired) electrons. The summed E-state index contributed by atoms with van der Waals surface area (Å²) >= 11 is 0. The van der Waals surface area contributed by atoms with E-state index in [9.17, 15) is 19.2 Å². The van der Waals surface area contributed by atoms with E-state index >= 15 is 0 Å². The van der Waals surface area contributed by atoms with Crippen molar-refractivity contribution < 1.29 is 19.1 Å². The molecule has 1 N–H and O–H groups in total. The fraction of sp³-hybridized carbons (Fsp3) is 0.500. The number of ether oxygens (including phenoxy) is 1. The van der Waals surface area contributed by atoms with Gasteiger partial charge in [0.05, 0.1) is 30.0 Å². The molecule has 1 unspecified atom stereocenters. The first kappa shape index (κ1) is 22.5. The minimum absolute atomic E-state index is 0.0595. The summed E-state index contributed by atoms with van der Waals surface area (Å²) in [5.41, 5.74) is 0.344. The Morgan fingerprint density at radius 3 is 2.84 bits per heavy atom. The van der Waals surface area contributed by atoms with Crippen molar-refractivity contribution in [2.75, 3.05) is 33.3 Å². The second kappa shape index (κ2) is 10.2. The van der Waals surface area contributed by atoms with E-state index in [-0.39, 0.29) is 48.6 Å². The molecule has 0 saturated carbocycles. The van der Waals surface area contributed by atoms with Gasteiger partial charge in [-0.2, -0.15) is 0 Å². The summed E-state index contributed by atoms with van der Waals surface area (Å²) in [5, 5.41) is 0.503. The molecule has 1 atom stereocenters. The number of rotatable bonds is 7. The van der Waals surface area contributed by atoms with Crippen molar-refractivity contribution in [1.82, 2.24) is 19.8 Å². The Bertz CT molecular complexity index is 1020. The number of aryl methyl sites for hydroxylation is 1. The average molecular weight is 428 g/mol. The molecule has 1 saturated heterocycles. The van der Waals surface area contributed by atoms with Gasteiger partial charge in [-0.15, -0.1) is 0 Å². The predicted octanol–water partition coefficient (Wildman–Crippen LogP) is 1.12. The van der Waals surface area contributed by atoms with Gasteiger partial charge < -0.3 is 19.5 Å². The van der Waals surface area contributed by atoms with E-state index in [0.717, 1.165) is 6.42 Å². The lowest BCUT2D eigenvalue weighted by Crippen LogP contribution is -2.47. The number of piperidine rings is 1. The van der Waals surface area contributed by atoms with E-state index in [1.807, 2.05) is 0 Å². The number of fused-ring (bicyclic) bond motifs is 1. The number of likely N-dealkylation sites (N-methyl/N-ethyl adjacent to an activating group) is 1. The Hall–Kier alpha value is -3.23. The molecule has 0 spiro atoms. The summed E-state index contributed by atoms with van der Waals surface area (Å²) in [4.78, 5) is 59.3. The van der Waals surface area contributed by atoms with E-state index in [2.05, 4.69) is 9.97 Å². The molecule has 0 bridgehead atoms. The minimum atomic E-state index is -0.311. The maximum Gasteiger partial charge on any atom is 0.310 e. The monoisotopic (exact) mass is 428 g/mol. The number of esters is 1. The van der Waals surface area contributed by atoms with Crippen LogP contribution in [0.25, 0.3) is 10.9 Å². The summed E-state index contributed by atoms with van der Waals surface area (Å²) in [7, 11) is 1.57. The first-order valence-corrected chi connectivity index (χ1v) is 10.5. The molecule has 2 aromatic rings. The third kappa shape index (κ3) is 5.68. The van der Waals surface area contributed by atoms with Crippen LogP contribution in [0, 0.1) is 5.92 Å². The number of benzene rings is 1. The Labute approximate surface area is 180 Å². The normalized spacial score (nSPS) is 16.2. The van der Waals surface area contributed by atoms with Gasteiger partial charge in [-0.3, -0.25) is 19.2 Å². The summed E-state index contributed by atoms with van der Waals surface area (Å²) in [6.45, 7) is 2.90. The summed E-state index contributed by atoms with van der Waals surface area (Å²) in [5.74, 6) is -0.564. The zero-order valence-electron chi connectivity index (χ0n) is 17.9. The number of aromatic amines is 1. The lowest BCUT2D eigenvalue weighted by atomic mass is 9.98. The molecule has 1 aliphatic heterocycles. The molecule has 1 aliphatic rings. The molecule has 31 heavy (non-hydrogen) atoms. The minimum Gasteiger partial charge on any atom is -0.466 e. The zero-order valence-corrected chi connectivity index (χ0v) is 17.9. The van der Waals surface area contributed by atoms with E-state index in [1.54, 1.807) is 43.1 Å². The highest BCUT2D eigenvalue weighted by molar-refractivity contribution is 5.85. The third-order valence-corrected chi connectivity index (χ3v) is 5.43. The van der Waals surface area contributed by atoms with Crippen LogP contribution in [0.3, 0.4) is 0 Å². The first-order valence-electron chi connectivity index (χ1n) is 10.5. The number of nitrogens with one attached hydrogen (secondary N) is 1. The third-order valence-electron chi connectivity index (χ3n) is 5.43. The standard InChI is InChI=1S/C22H28N4O5/c1-3-31-22(30)15-7-6-12-26(13-15)20(28)14-25(2)19(27)11-10-18-23-17-9-5-4-8-16(17)21(29)24-18/h4-5,8-9,15H,3,6-7,10-14H2,1-2H3,(H,23,24,29). The van der Waals surface area contributed by atoms with Crippen LogP contribution in [-0.2, 0) is 25.5 Å². The number of H-pyrrole nitrogens is 1. The van der Waals surface area contributed by atoms with E-state index < -0.39 is 0 Å². The Morgan fingerprint density at radius 1 is 1.29 bits per heavy atom. The predicted molar refractivity (Wildman–Crippen MR) is 114 cm³/mol. The number of hydrogen-bond acceptors (Lipinski definition) is 6. The second-order valence-electron chi connectivity index (χ2n) is 7.71. The molecular weight excluding hydrogens is 400 g/mol. The fourth-order valence-electron chi connectivity index (χ4n) is 3.72. The quantitative estimate of drug-likeness (QED) is 0.661. The fourth-order valence-corrected chi connectivity index (χ4v) is 3.72. The Balaban J connectivity index is 1.53. The number of carbonyl (C=O) groups excluding carboxylic acids is 3. The average Bonchev–Trinajstić information content (AvgIpc) is 2.77. The van der Waals surface area contributed by atoms with E-state index in [0.29, 0.717) is 42.8 Å². The van der Waals surface area contributed by atoms with Crippen molar-refractivity contribution in [1.29, 1.82) is 0 Å². The molecule has 0 aliphatic carbocycles. The van der Waals surface area contributed by atoms with Crippen molar-refractivity contribution in [3.05, 3.63) is 40.4 Å². The summed E-state index contributed by atoms with van der Waals surface area (Å²) < 4.78 is 5.07. The molecule has 166 valence electrons. The Kier molecular flexibility index (Phi) is 7.38. The highest BCUT2D eigenvalue weighted by Crippen LogP contribution is 2.18. The number of nitrogens with zero attached hydrogens (tertiary/aromatic N) is 3. The highest BCUT2D eigenvalue weighted by atomic mass is 16.5. The van der Waals surface area contributed by atoms with Crippen molar-refractivity contribution in [2.45, 2.75) is 32.6 Å². The molecule has 9 nitrogen and oxygen atoms in total. The van der Waals surface area contributed by atoms with Gasteiger partial charge >= 0.3 is 5.97 Å². The first-order chi connectivity index (χ1) is 14.9. The van der Waals surface area contributed by atoms with Crippen LogP contribution >= 0.6 is 0 Å². The van der Waals surface area contributed by atoms with E-state index in [1.165, 1.54) is 4.90 Å². The van der Waals surface area contributed by atoms with Crippen LogP contribution in [0.4, 0.5) is 0 Å². The van der Waals surface area contributed by atoms with Gasteiger partial charge in [-0.1, -0.05) is 12.1 Å². The lowest BCUT2D eigenvalue weighted by Gasteiger charge is -2.32. The zero-order chi connectivity index (χ0) is 22.4. The number of carbonyl (C=O) groups is 3. The van der Waals surface area contributed by atoms with Crippen LogP contribution in [0.1, 0.15) is 32.0 Å². The highest BCUT2D eigenvalue weighted by Gasteiger charge is 2.30. The molecule has 2 heterocycles. The van der Waals surface area contributed by atoms with Gasteiger partial charge in [-0.05, 0) is 31.9 Å². The molecule has 2 amide bonds.